The van der Waals surface area contributed by atoms with Crippen LogP contribution in [-0.2, 0) is 19.5 Å². The van der Waals surface area contributed by atoms with E-state index in [9.17, 15) is 4.39 Å². The maximum absolute atomic E-state index is 12.3. The molecule has 44 valence electrons. The van der Waals surface area contributed by atoms with Gasteiger partial charge < -0.3 is 0 Å². The Morgan fingerprint density at radius 1 is 1.22 bits per heavy atom. The van der Waals surface area contributed by atoms with Gasteiger partial charge in [0.25, 0.3) is 0 Å². The average Bonchev–Trinajstić information content (AvgIpc) is 1.77. The molecule has 0 aliphatic carbocycles. The number of hydrogen-bond acceptors (Lipinski definition) is 0. The Kier molecular flexibility index (Phi) is 3.64. The van der Waals surface area contributed by atoms with Gasteiger partial charge in [-0.15, -0.1) is 0 Å². The summed E-state index contributed by atoms with van der Waals surface area (Å²) in [4.78, 5) is 0. The summed E-state index contributed by atoms with van der Waals surface area (Å²) >= 11 is 0. The summed E-state index contributed by atoms with van der Waals surface area (Å²) in [5.74, 6) is -0.132. The molecule has 0 amide bonds. The van der Waals surface area contributed by atoms with Crippen LogP contribution >= 0.6 is 0 Å². The molecule has 0 radical (unpaired) electrons. The van der Waals surface area contributed by atoms with E-state index < -0.39 is 0 Å². The molecule has 2 heteroatoms. The van der Waals surface area contributed by atoms with Gasteiger partial charge in [0, 0.05) is 19.5 Å². The van der Waals surface area contributed by atoms with Gasteiger partial charge in [0.15, 0.2) is 0 Å². The molecule has 0 aromatic heterocycles. The van der Waals surface area contributed by atoms with Gasteiger partial charge in [-0.1, -0.05) is 18.2 Å². The van der Waals surface area contributed by atoms with Crippen molar-refractivity contribution in [1.82, 2.24) is 0 Å². The molecule has 0 saturated heterocycles. The molecule has 1 aromatic carbocycles. The molecule has 9 heavy (non-hydrogen) atoms. The second kappa shape index (κ2) is 3.73. The third-order valence-electron chi connectivity index (χ3n) is 1.08. The molecule has 0 aliphatic rings. The maximum atomic E-state index is 12.3. The fourth-order valence-corrected chi connectivity index (χ4v) is 0.551. The zero-order valence-electron chi connectivity index (χ0n) is 5.39. The predicted molar refractivity (Wildman–Crippen MR) is 31.1 cm³/mol. The number of rotatable bonds is 0. The summed E-state index contributed by atoms with van der Waals surface area (Å²) in [6.07, 6.45) is 0. The minimum Gasteiger partial charge on any atom is -0.207 e. The molecule has 0 unspecified atom stereocenters. The fourth-order valence-electron chi connectivity index (χ4n) is 0.551. The second-order valence-electron chi connectivity index (χ2n) is 1.75. The zero-order chi connectivity index (χ0) is 5.98. The maximum Gasteiger partial charge on any atom is 0.126 e. The molecule has 0 N–H and O–H groups in total. The monoisotopic (exact) mass is 174 g/mol. The Labute approximate surface area is 66.8 Å². The van der Waals surface area contributed by atoms with Crippen molar-refractivity contribution in [3.05, 3.63) is 35.6 Å². The molecule has 0 heterocycles. The van der Waals surface area contributed by atoms with Gasteiger partial charge in [-0.3, -0.25) is 0 Å². The Hall–Kier alpha value is -0.227. The molecule has 0 nitrogen and oxygen atoms in total. The van der Waals surface area contributed by atoms with E-state index in [1.54, 1.807) is 19.1 Å². The van der Waals surface area contributed by atoms with E-state index in [4.69, 9.17) is 0 Å². The summed E-state index contributed by atoms with van der Waals surface area (Å²) in [6.45, 7) is 1.75. The van der Waals surface area contributed by atoms with Crippen molar-refractivity contribution < 1.29 is 23.9 Å². The minimum atomic E-state index is -0.132. The molecule has 0 bridgehead atoms. The van der Waals surface area contributed by atoms with Crippen LogP contribution in [0.2, 0.25) is 0 Å². The van der Waals surface area contributed by atoms with Crippen LogP contribution in [0.15, 0.2) is 24.3 Å². The van der Waals surface area contributed by atoms with Crippen LogP contribution in [0.25, 0.3) is 0 Å². The SMILES string of the molecule is Cc1ccccc1F.[Zn]. The van der Waals surface area contributed by atoms with Crippen LogP contribution in [0.3, 0.4) is 0 Å². The Morgan fingerprint density at radius 3 is 2.11 bits per heavy atom. The Balaban J connectivity index is 0.000000640. The first kappa shape index (κ1) is 8.77. The summed E-state index contributed by atoms with van der Waals surface area (Å²) in [5, 5.41) is 0. The van der Waals surface area contributed by atoms with E-state index >= 15 is 0 Å². The average molecular weight is 176 g/mol. The zero-order valence-corrected chi connectivity index (χ0v) is 8.36. The quantitative estimate of drug-likeness (QED) is 0.530. The van der Waals surface area contributed by atoms with Gasteiger partial charge in [-0.05, 0) is 18.6 Å². The van der Waals surface area contributed by atoms with Crippen molar-refractivity contribution in [2.45, 2.75) is 6.92 Å². The van der Waals surface area contributed by atoms with E-state index in [1.165, 1.54) is 6.07 Å². The first-order valence-corrected chi connectivity index (χ1v) is 2.52. The molecular weight excluding hydrogens is 168 g/mol. The van der Waals surface area contributed by atoms with Crippen molar-refractivity contribution in [3.63, 3.8) is 0 Å². The second-order valence-corrected chi connectivity index (χ2v) is 1.75. The summed E-state index contributed by atoms with van der Waals surface area (Å²) in [6, 6.07) is 6.70. The van der Waals surface area contributed by atoms with E-state index in [2.05, 4.69) is 0 Å². The van der Waals surface area contributed by atoms with Crippen LogP contribution < -0.4 is 0 Å². The molecular formula is C7H7FZn. The van der Waals surface area contributed by atoms with Crippen LogP contribution in [0.1, 0.15) is 5.56 Å². The molecule has 1 aromatic rings. The van der Waals surface area contributed by atoms with Gasteiger partial charge in [0.1, 0.15) is 5.82 Å². The Morgan fingerprint density at radius 2 is 1.78 bits per heavy atom. The van der Waals surface area contributed by atoms with Gasteiger partial charge in [-0.25, -0.2) is 4.39 Å². The summed E-state index contributed by atoms with van der Waals surface area (Å²) in [7, 11) is 0. The smallest absolute Gasteiger partial charge is 0.126 e. The minimum absolute atomic E-state index is 0. The standard InChI is InChI=1S/C7H7F.Zn/c1-6-4-2-3-5-7(6)8;/h2-5H,1H3;. The van der Waals surface area contributed by atoms with Gasteiger partial charge >= 0.3 is 0 Å². The van der Waals surface area contributed by atoms with Gasteiger partial charge in [0.05, 0.1) is 0 Å². The molecule has 0 atom stereocenters. The molecule has 0 fully saturated rings. The van der Waals surface area contributed by atoms with Gasteiger partial charge in [0.2, 0.25) is 0 Å². The van der Waals surface area contributed by atoms with Crippen molar-refractivity contribution >= 4 is 0 Å². The van der Waals surface area contributed by atoms with Crippen LogP contribution in [0, 0.1) is 12.7 Å². The van der Waals surface area contributed by atoms with Gasteiger partial charge in [-0.2, -0.15) is 0 Å². The third kappa shape index (κ3) is 2.23. The number of benzene rings is 1. The predicted octanol–water partition coefficient (Wildman–Crippen LogP) is 2.13. The topological polar surface area (TPSA) is 0 Å². The molecule has 1 rings (SSSR count). The number of halogens is 1. The van der Waals surface area contributed by atoms with Crippen molar-refractivity contribution in [3.8, 4) is 0 Å². The number of aryl methyl sites for hydroxylation is 1. The Bertz CT molecular complexity index is 165. The van der Waals surface area contributed by atoms with Crippen molar-refractivity contribution in [2.75, 3.05) is 0 Å². The van der Waals surface area contributed by atoms with Crippen LogP contribution in [0.5, 0.6) is 0 Å². The molecule has 0 saturated carbocycles. The number of hydrogen-bond donors (Lipinski definition) is 0. The fraction of sp³-hybridized carbons (Fsp3) is 0.143. The van der Waals surface area contributed by atoms with Crippen molar-refractivity contribution in [1.29, 1.82) is 0 Å². The van der Waals surface area contributed by atoms with E-state index in [0.29, 0.717) is 5.56 Å². The van der Waals surface area contributed by atoms with Crippen molar-refractivity contribution in [2.24, 2.45) is 0 Å². The van der Waals surface area contributed by atoms with E-state index in [1.807, 2.05) is 6.07 Å². The summed E-state index contributed by atoms with van der Waals surface area (Å²) in [5.41, 5.74) is 0.701. The molecule has 0 spiro atoms. The third-order valence-corrected chi connectivity index (χ3v) is 1.08. The largest absolute Gasteiger partial charge is 0.207 e. The molecule has 0 aliphatic heterocycles. The van der Waals surface area contributed by atoms with Crippen LogP contribution in [-0.4, -0.2) is 0 Å². The first-order valence-electron chi connectivity index (χ1n) is 2.52. The normalized spacial score (nSPS) is 8.22. The first-order chi connectivity index (χ1) is 3.80. The van der Waals surface area contributed by atoms with E-state index in [-0.39, 0.29) is 25.3 Å². The van der Waals surface area contributed by atoms with Crippen LogP contribution in [0.4, 0.5) is 4.39 Å². The summed E-state index contributed by atoms with van der Waals surface area (Å²) < 4.78 is 12.3. The van der Waals surface area contributed by atoms with E-state index in [0.717, 1.165) is 0 Å².